The first-order valence-corrected chi connectivity index (χ1v) is 5.90. The maximum atomic E-state index is 5.51. The molecule has 1 aromatic carbocycles. The Kier molecular flexibility index (Phi) is 4.14. The third-order valence-electron chi connectivity index (χ3n) is 2.58. The van der Waals surface area contributed by atoms with E-state index in [0.717, 1.165) is 29.9 Å². The van der Waals surface area contributed by atoms with Crippen molar-refractivity contribution in [2.24, 2.45) is 10.7 Å². The zero-order valence-electron chi connectivity index (χ0n) is 10.4. The van der Waals surface area contributed by atoms with Crippen LogP contribution in [0.25, 0.3) is 11.0 Å². The van der Waals surface area contributed by atoms with Crippen LogP contribution in [0.15, 0.2) is 29.3 Å². The summed E-state index contributed by atoms with van der Waals surface area (Å²) in [4.78, 5) is 11.5. The lowest BCUT2D eigenvalue weighted by molar-refractivity contribution is 0.653. The predicted octanol–water partition coefficient (Wildman–Crippen LogP) is 0.187. The van der Waals surface area contributed by atoms with Gasteiger partial charge in [-0.15, -0.1) is 0 Å². The standard InChI is InChI=1S/C12H18N6/c1-14-12(13)16-7-6-15-8-11-17-9-4-2-3-5-10(9)18-11/h2-5,15H,6-8H2,1H3,(H,17,18)(H3,13,14,16). The smallest absolute Gasteiger partial charge is 0.188 e. The molecule has 6 nitrogen and oxygen atoms in total. The molecule has 0 spiro atoms. The van der Waals surface area contributed by atoms with Crippen LogP contribution < -0.4 is 16.4 Å². The molecule has 96 valence electrons. The minimum atomic E-state index is 0.459. The molecule has 5 N–H and O–H groups in total. The molecular formula is C12H18N6. The van der Waals surface area contributed by atoms with Gasteiger partial charge in [-0.25, -0.2) is 4.98 Å². The fourth-order valence-electron chi connectivity index (χ4n) is 1.65. The van der Waals surface area contributed by atoms with Crippen LogP contribution in [-0.4, -0.2) is 36.1 Å². The molecule has 0 radical (unpaired) electrons. The van der Waals surface area contributed by atoms with Crippen molar-refractivity contribution in [3.8, 4) is 0 Å². The van der Waals surface area contributed by atoms with E-state index in [9.17, 15) is 0 Å². The van der Waals surface area contributed by atoms with E-state index in [1.807, 2.05) is 24.3 Å². The van der Waals surface area contributed by atoms with Crippen LogP contribution in [0.2, 0.25) is 0 Å². The topological polar surface area (TPSA) is 91.1 Å². The second kappa shape index (κ2) is 6.02. The van der Waals surface area contributed by atoms with Gasteiger partial charge in [-0.2, -0.15) is 0 Å². The molecular weight excluding hydrogens is 228 g/mol. The lowest BCUT2D eigenvalue weighted by Crippen LogP contribution is -2.36. The van der Waals surface area contributed by atoms with E-state index in [1.54, 1.807) is 7.05 Å². The average Bonchev–Trinajstić information content (AvgIpc) is 2.80. The summed E-state index contributed by atoms with van der Waals surface area (Å²) in [6.45, 7) is 2.25. The molecule has 2 aromatic rings. The largest absolute Gasteiger partial charge is 0.370 e. The van der Waals surface area contributed by atoms with Gasteiger partial charge in [0.2, 0.25) is 0 Å². The van der Waals surface area contributed by atoms with Gasteiger partial charge in [0.05, 0.1) is 17.6 Å². The number of nitrogens with two attached hydrogens (primary N) is 1. The summed E-state index contributed by atoms with van der Waals surface area (Å²) >= 11 is 0. The number of imidazole rings is 1. The molecule has 0 aliphatic heterocycles. The Morgan fingerprint density at radius 1 is 1.39 bits per heavy atom. The van der Waals surface area contributed by atoms with Crippen LogP contribution in [0.4, 0.5) is 0 Å². The average molecular weight is 246 g/mol. The van der Waals surface area contributed by atoms with Gasteiger partial charge in [-0.3, -0.25) is 4.99 Å². The summed E-state index contributed by atoms with van der Waals surface area (Å²) in [5.74, 6) is 1.40. The van der Waals surface area contributed by atoms with Gasteiger partial charge < -0.3 is 21.4 Å². The first-order chi connectivity index (χ1) is 8.79. The molecule has 1 aromatic heterocycles. The number of benzene rings is 1. The molecule has 0 aliphatic carbocycles. The van der Waals surface area contributed by atoms with Crippen LogP contribution in [0.1, 0.15) is 5.82 Å². The van der Waals surface area contributed by atoms with E-state index in [1.165, 1.54) is 0 Å². The van der Waals surface area contributed by atoms with Gasteiger partial charge in [0.25, 0.3) is 0 Å². The van der Waals surface area contributed by atoms with Gasteiger partial charge in [0.1, 0.15) is 5.82 Å². The fourth-order valence-corrected chi connectivity index (χ4v) is 1.65. The third-order valence-corrected chi connectivity index (χ3v) is 2.58. The Labute approximate surface area is 106 Å². The van der Waals surface area contributed by atoms with Crippen LogP contribution in [0.3, 0.4) is 0 Å². The van der Waals surface area contributed by atoms with Crippen molar-refractivity contribution in [1.82, 2.24) is 20.6 Å². The Hall–Kier alpha value is -2.08. The molecule has 6 heteroatoms. The number of hydrogen-bond donors (Lipinski definition) is 4. The lowest BCUT2D eigenvalue weighted by Gasteiger charge is -2.05. The number of rotatable bonds is 5. The number of aliphatic imine (C=N–C) groups is 1. The van der Waals surface area contributed by atoms with E-state index in [0.29, 0.717) is 12.5 Å². The van der Waals surface area contributed by atoms with Gasteiger partial charge in [-0.05, 0) is 12.1 Å². The number of H-pyrrole nitrogens is 1. The van der Waals surface area contributed by atoms with Crippen LogP contribution in [0.5, 0.6) is 0 Å². The highest BCUT2D eigenvalue weighted by molar-refractivity contribution is 5.77. The van der Waals surface area contributed by atoms with Gasteiger partial charge in [-0.1, -0.05) is 12.1 Å². The Bertz CT molecular complexity index is 497. The third kappa shape index (κ3) is 3.21. The number of nitrogens with one attached hydrogen (secondary N) is 3. The number of aromatic amines is 1. The van der Waals surface area contributed by atoms with Crippen LogP contribution in [-0.2, 0) is 6.54 Å². The molecule has 0 bridgehead atoms. The summed E-state index contributed by atoms with van der Waals surface area (Å²) in [7, 11) is 1.66. The second-order valence-corrected chi connectivity index (χ2v) is 3.91. The SMILES string of the molecule is CN=C(N)NCCNCc1nc2ccccc2[nH]1. The Morgan fingerprint density at radius 2 is 2.22 bits per heavy atom. The molecule has 0 saturated heterocycles. The first-order valence-electron chi connectivity index (χ1n) is 5.90. The van der Waals surface area contributed by atoms with E-state index in [-0.39, 0.29) is 0 Å². The van der Waals surface area contributed by atoms with Gasteiger partial charge in [0.15, 0.2) is 5.96 Å². The molecule has 1 heterocycles. The summed E-state index contributed by atoms with van der Waals surface area (Å²) in [6.07, 6.45) is 0. The van der Waals surface area contributed by atoms with Gasteiger partial charge >= 0.3 is 0 Å². The molecule has 0 atom stereocenters. The zero-order valence-corrected chi connectivity index (χ0v) is 10.4. The normalized spacial score (nSPS) is 11.9. The Morgan fingerprint density at radius 3 is 3.00 bits per heavy atom. The quantitative estimate of drug-likeness (QED) is 0.344. The number of guanidine groups is 1. The monoisotopic (exact) mass is 246 g/mol. The number of fused-ring (bicyclic) bond motifs is 1. The van der Waals surface area contributed by atoms with Crippen molar-refractivity contribution in [1.29, 1.82) is 0 Å². The van der Waals surface area contributed by atoms with E-state index in [2.05, 4.69) is 25.6 Å². The molecule has 0 saturated carbocycles. The Balaban J connectivity index is 1.76. The van der Waals surface area contributed by atoms with Gasteiger partial charge in [0, 0.05) is 20.1 Å². The minimum absolute atomic E-state index is 0.459. The van der Waals surface area contributed by atoms with Crippen LogP contribution in [0, 0.1) is 0 Å². The molecule has 0 fully saturated rings. The predicted molar refractivity (Wildman–Crippen MR) is 73.3 cm³/mol. The summed E-state index contributed by atoms with van der Waals surface area (Å²) in [5, 5.41) is 6.26. The number of hydrogen-bond acceptors (Lipinski definition) is 3. The molecule has 0 aliphatic rings. The highest BCUT2D eigenvalue weighted by Crippen LogP contribution is 2.09. The van der Waals surface area contributed by atoms with E-state index in [4.69, 9.17) is 5.73 Å². The van der Waals surface area contributed by atoms with Crippen LogP contribution >= 0.6 is 0 Å². The van der Waals surface area contributed by atoms with Crippen molar-refractivity contribution >= 4 is 17.0 Å². The maximum Gasteiger partial charge on any atom is 0.188 e. The number of aromatic nitrogens is 2. The highest BCUT2D eigenvalue weighted by Gasteiger charge is 2.00. The fraction of sp³-hybridized carbons (Fsp3) is 0.333. The maximum absolute atomic E-state index is 5.51. The summed E-state index contributed by atoms with van der Waals surface area (Å²) in [5.41, 5.74) is 7.57. The number of nitrogens with zero attached hydrogens (tertiary/aromatic N) is 2. The molecule has 18 heavy (non-hydrogen) atoms. The summed E-state index contributed by atoms with van der Waals surface area (Å²) in [6, 6.07) is 7.99. The van der Waals surface area contributed by atoms with E-state index < -0.39 is 0 Å². The number of para-hydroxylation sites is 2. The van der Waals surface area contributed by atoms with Crippen molar-refractivity contribution < 1.29 is 0 Å². The van der Waals surface area contributed by atoms with Crippen molar-refractivity contribution in [2.75, 3.05) is 20.1 Å². The lowest BCUT2D eigenvalue weighted by atomic mass is 10.3. The zero-order chi connectivity index (χ0) is 12.8. The van der Waals surface area contributed by atoms with Crippen molar-refractivity contribution in [2.45, 2.75) is 6.54 Å². The first kappa shape index (κ1) is 12.4. The van der Waals surface area contributed by atoms with Crippen molar-refractivity contribution in [3.05, 3.63) is 30.1 Å². The second-order valence-electron chi connectivity index (χ2n) is 3.91. The van der Waals surface area contributed by atoms with E-state index >= 15 is 0 Å². The summed E-state index contributed by atoms with van der Waals surface area (Å²) < 4.78 is 0. The minimum Gasteiger partial charge on any atom is -0.370 e. The highest BCUT2D eigenvalue weighted by atomic mass is 15.1. The van der Waals surface area contributed by atoms with Crippen molar-refractivity contribution in [3.63, 3.8) is 0 Å². The molecule has 0 unspecified atom stereocenters. The molecule has 0 amide bonds. The molecule has 2 rings (SSSR count).